The first-order valence-corrected chi connectivity index (χ1v) is 7.71. The fourth-order valence-corrected chi connectivity index (χ4v) is 2.72. The molecule has 0 bridgehead atoms. The van der Waals surface area contributed by atoms with Crippen LogP contribution in [0.3, 0.4) is 0 Å². The number of rotatable bonds is 5. The molecule has 0 saturated heterocycles. The van der Waals surface area contributed by atoms with Crippen LogP contribution in [0.25, 0.3) is 0 Å². The smallest absolute Gasteiger partial charge is 0.234 e. The molecule has 0 fully saturated rings. The van der Waals surface area contributed by atoms with Crippen LogP contribution in [0, 0.1) is 11.3 Å². The molecule has 0 spiro atoms. The van der Waals surface area contributed by atoms with Gasteiger partial charge in [-0.3, -0.25) is 4.79 Å². The number of anilines is 1. The Morgan fingerprint density at radius 3 is 2.57 bits per heavy atom. The predicted molar refractivity (Wildman–Crippen MR) is 87.1 cm³/mol. The lowest BCUT2D eigenvalue weighted by atomic mass is 10.2. The number of nitrogens with zero attached hydrogens (tertiary/aromatic N) is 1. The van der Waals surface area contributed by atoms with E-state index in [0.29, 0.717) is 17.0 Å². The van der Waals surface area contributed by atoms with E-state index in [-0.39, 0.29) is 11.2 Å². The Balaban J connectivity index is 1.90. The van der Waals surface area contributed by atoms with Gasteiger partial charge in [-0.05, 0) is 24.6 Å². The molecule has 1 amide bonds. The van der Waals surface area contributed by atoms with Gasteiger partial charge in [0.15, 0.2) is 0 Å². The predicted octanol–water partition coefficient (Wildman–Crippen LogP) is 3.99. The van der Waals surface area contributed by atoms with Crippen LogP contribution in [-0.2, 0) is 4.79 Å². The van der Waals surface area contributed by atoms with Crippen molar-refractivity contribution >= 4 is 23.4 Å². The first-order valence-electron chi connectivity index (χ1n) is 6.66. The molecule has 0 aliphatic carbocycles. The number of thioether (sulfide) groups is 1. The van der Waals surface area contributed by atoms with Crippen LogP contribution in [0.15, 0.2) is 54.6 Å². The second-order valence-electron chi connectivity index (χ2n) is 4.57. The number of hydrogen-bond donors (Lipinski definition) is 1. The molecule has 0 aliphatic rings. The molecule has 0 heterocycles. The number of nitrogens with one attached hydrogen (secondary N) is 1. The quantitative estimate of drug-likeness (QED) is 0.907. The Bertz CT molecular complexity index is 649. The van der Waals surface area contributed by atoms with Crippen LogP contribution in [-0.4, -0.2) is 11.7 Å². The Hall–Kier alpha value is -2.25. The molecule has 2 aromatic rings. The summed E-state index contributed by atoms with van der Waals surface area (Å²) < 4.78 is 0. The second-order valence-corrected chi connectivity index (χ2v) is 5.90. The number of benzene rings is 2. The molecule has 106 valence electrons. The zero-order valence-corrected chi connectivity index (χ0v) is 12.6. The SMILES string of the molecule is CC(SCC(=O)Nc1ccccc1C#N)c1ccccc1. The van der Waals surface area contributed by atoms with E-state index in [9.17, 15) is 4.79 Å². The lowest BCUT2D eigenvalue weighted by molar-refractivity contribution is -0.113. The summed E-state index contributed by atoms with van der Waals surface area (Å²) in [4.78, 5) is 12.0. The number of hydrogen-bond acceptors (Lipinski definition) is 3. The van der Waals surface area contributed by atoms with Gasteiger partial charge in [0, 0.05) is 5.25 Å². The molecule has 0 aliphatic heterocycles. The second kappa shape index (κ2) is 7.51. The Morgan fingerprint density at radius 1 is 1.19 bits per heavy atom. The van der Waals surface area contributed by atoms with Crippen LogP contribution < -0.4 is 5.32 Å². The first-order chi connectivity index (χ1) is 10.2. The third kappa shape index (κ3) is 4.37. The summed E-state index contributed by atoms with van der Waals surface area (Å²) in [7, 11) is 0. The lowest BCUT2D eigenvalue weighted by Gasteiger charge is -2.12. The minimum absolute atomic E-state index is 0.0921. The Labute approximate surface area is 129 Å². The van der Waals surface area contributed by atoms with Crippen molar-refractivity contribution in [1.29, 1.82) is 5.26 Å². The van der Waals surface area contributed by atoms with Crippen LogP contribution in [0.2, 0.25) is 0 Å². The van der Waals surface area contributed by atoms with Gasteiger partial charge < -0.3 is 5.32 Å². The van der Waals surface area contributed by atoms with Crippen molar-refractivity contribution in [3.8, 4) is 6.07 Å². The standard InChI is InChI=1S/C17H16N2OS/c1-13(14-7-3-2-4-8-14)21-12-17(20)19-16-10-6-5-9-15(16)11-18/h2-10,13H,12H2,1H3,(H,19,20). The molecule has 2 aromatic carbocycles. The minimum Gasteiger partial charge on any atom is -0.324 e. The summed E-state index contributed by atoms with van der Waals surface area (Å²) in [6.07, 6.45) is 0. The number of amides is 1. The number of carbonyl (C=O) groups is 1. The molecule has 1 N–H and O–H groups in total. The molecule has 2 rings (SSSR count). The normalized spacial score (nSPS) is 11.4. The Kier molecular flexibility index (Phi) is 5.42. The third-order valence-corrected chi connectivity index (χ3v) is 4.26. The average molecular weight is 296 g/mol. The molecule has 21 heavy (non-hydrogen) atoms. The van der Waals surface area contributed by atoms with Crippen molar-refractivity contribution in [2.24, 2.45) is 0 Å². The van der Waals surface area contributed by atoms with Crippen molar-refractivity contribution in [3.63, 3.8) is 0 Å². The van der Waals surface area contributed by atoms with Crippen LogP contribution in [0.5, 0.6) is 0 Å². The molecule has 0 radical (unpaired) electrons. The van der Waals surface area contributed by atoms with E-state index in [1.165, 1.54) is 5.56 Å². The molecule has 4 heteroatoms. The summed E-state index contributed by atoms with van der Waals surface area (Å²) in [5.74, 6) is 0.265. The van der Waals surface area contributed by atoms with Crippen molar-refractivity contribution in [1.82, 2.24) is 0 Å². The Morgan fingerprint density at radius 2 is 1.86 bits per heavy atom. The van der Waals surface area contributed by atoms with Gasteiger partial charge in [0.25, 0.3) is 0 Å². The zero-order valence-electron chi connectivity index (χ0n) is 11.7. The van der Waals surface area contributed by atoms with E-state index in [1.54, 1.807) is 36.0 Å². The van der Waals surface area contributed by atoms with Gasteiger partial charge in [0.2, 0.25) is 5.91 Å². The largest absolute Gasteiger partial charge is 0.324 e. The summed E-state index contributed by atoms with van der Waals surface area (Å²) in [6.45, 7) is 2.08. The topological polar surface area (TPSA) is 52.9 Å². The molecule has 0 saturated carbocycles. The number of para-hydroxylation sites is 1. The summed E-state index contributed by atoms with van der Waals surface area (Å²) >= 11 is 1.58. The fraction of sp³-hybridized carbons (Fsp3) is 0.176. The van der Waals surface area contributed by atoms with Crippen molar-refractivity contribution in [2.45, 2.75) is 12.2 Å². The summed E-state index contributed by atoms with van der Waals surface area (Å²) in [5, 5.41) is 12.0. The number of carbonyl (C=O) groups excluding carboxylic acids is 1. The van der Waals surface area contributed by atoms with Crippen LogP contribution in [0.4, 0.5) is 5.69 Å². The van der Waals surface area contributed by atoms with Gasteiger partial charge in [-0.15, -0.1) is 11.8 Å². The summed E-state index contributed by atoms with van der Waals surface area (Å²) in [5.41, 5.74) is 2.25. The minimum atomic E-state index is -0.0921. The molecule has 1 unspecified atom stereocenters. The first kappa shape index (κ1) is 15.1. The number of nitriles is 1. The van der Waals surface area contributed by atoms with Crippen LogP contribution in [0.1, 0.15) is 23.3 Å². The van der Waals surface area contributed by atoms with Gasteiger partial charge in [-0.25, -0.2) is 0 Å². The van der Waals surface area contributed by atoms with Gasteiger partial charge in [-0.1, -0.05) is 42.5 Å². The maximum Gasteiger partial charge on any atom is 0.234 e. The fourth-order valence-electron chi connectivity index (χ4n) is 1.90. The van der Waals surface area contributed by atoms with Gasteiger partial charge in [-0.2, -0.15) is 5.26 Å². The molecule has 3 nitrogen and oxygen atoms in total. The van der Waals surface area contributed by atoms with E-state index in [0.717, 1.165) is 0 Å². The highest BCUT2D eigenvalue weighted by molar-refractivity contribution is 8.00. The maximum atomic E-state index is 12.0. The van der Waals surface area contributed by atoms with E-state index < -0.39 is 0 Å². The van der Waals surface area contributed by atoms with E-state index in [1.807, 2.05) is 18.2 Å². The zero-order chi connectivity index (χ0) is 15.1. The van der Waals surface area contributed by atoms with E-state index in [4.69, 9.17) is 5.26 Å². The molecular formula is C17H16N2OS. The maximum absolute atomic E-state index is 12.0. The van der Waals surface area contributed by atoms with E-state index >= 15 is 0 Å². The third-order valence-electron chi connectivity index (χ3n) is 3.06. The van der Waals surface area contributed by atoms with Crippen molar-refractivity contribution < 1.29 is 4.79 Å². The lowest BCUT2D eigenvalue weighted by Crippen LogP contribution is -2.15. The highest BCUT2D eigenvalue weighted by Crippen LogP contribution is 2.27. The van der Waals surface area contributed by atoms with Gasteiger partial charge in [0.1, 0.15) is 6.07 Å². The van der Waals surface area contributed by atoms with Crippen molar-refractivity contribution in [2.75, 3.05) is 11.1 Å². The van der Waals surface area contributed by atoms with Gasteiger partial charge >= 0.3 is 0 Å². The molecule has 1 atom stereocenters. The van der Waals surface area contributed by atoms with Crippen molar-refractivity contribution in [3.05, 3.63) is 65.7 Å². The molecule has 0 aromatic heterocycles. The monoisotopic (exact) mass is 296 g/mol. The summed E-state index contributed by atoms with van der Waals surface area (Å²) in [6, 6.07) is 19.2. The highest BCUT2D eigenvalue weighted by Gasteiger charge is 2.10. The van der Waals surface area contributed by atoms with Crippen LogP contribution >= 0.6 is 11.8 Å². The van der Waals surface area contributed by atoms with E-state index in [2.05, 4.69) is 30.4 Å². The molecular weight excluding hydrogens is 280 g/mol. The average Bonchev–Trinajstić information content (AvgIpc) is 2.54. The van der Waals surface area contributed by atoms with Gasteiger partial charge in [0.05, 0.1) is 17.0 Å². The highest BCUT2D eigenvalue weighted by atomic mass is 32.2.